The van der Waals surface area contributed by atoms with Crippen LogP contribution in [0.1, 0.15) is 226 Å². The summed E-state index contributed by atoms with van der Waals surface area (Å²) in [4.78, 5) is 84.5. The van der Waals surface area contributed by atoms with Gasteiger partial charge < -0.3 is 19.9 Å². The van der Waals surface area contributed by atoms with Crippen LogP contribution in [0.4, 0.5) is 0 Å². The highest BCUT2D eigenvalue weighted by Gasteiger charge is 3.20. The summed E-state index contributed by atoms with van der Waals surface area (Å²) >= 11 is 0. The standard InChI is InChI=1S/C101H88N16/c1-91(2,3)45-27-33-51-57(39-45)81-102-75(51)104-83-59-41-47(93(7,8)9)31-37-55(59)79(110-83)112-87-67-69(89(116-87)114-85-61-43-49(95(13,14)15)29-35-53(61)77(106-81)108-85)73-97-63-23-19-21-25-65(63)99(100(73,97)71(67)97)66-26-22-20-24-64(66)98-72-68-70(74(98)101(72,98)99)90-115-86-62-44-50(96(16,17)18)30-36-54(62)78(109-86)107-82-58-40-46(92(4,5)6)28-34-52(58)76(103-82)105-84-60-42-48(94(10,11)12)32-38-56(60)80(111-84)113-88(68)117-90/h19-44,71-74H,1-18H3,(H2,102,104,106,108,110,112,114,116)(H2,103,105,107,109,111,113,115,117). The molecule has 0 radical (unpaired) electrons. The van der Waals surface area contributed by atoms with Crippen LogP contribution in [-0.2, 0) is 48.7 Å². The fourth-order valence-corrected chi connectivity index (χ4v) is 24.8. The molecule has 14 aliphatic rings. The fourth-order valence-electron chi connectivity index (χ4n) is 24.8. The Morgan fingerprint density at radius 2 is 0.444 bits per heavy atom. The van der Waals surface area contributed by atoms with Crippen molar-refractivity contribution in [1.82, 2.24) is 79.7 Å². The van der Waals surface area contributed by atoms with Gasteiger partial charge >= 0.3 is 0 Å². The number of nitrogens with zero attached hydrogens (tertiary/aromatic N) is 12. The predicted molar refractivity (Wildman–Crippen MR) is 462 cm³/mol. The Balaban J connectivity index is 0.739. The molecule has 117 heavy (non-hydrogen) atoms. The van der Waals surface area contributed by atoms with Crippen LogP contribution in [0.15, 0.2) is 158 Å². The smallest absolute Gasteiger partial charge is 0.164 e. The molecular formula is C101H88N16. The Labute approximate surface area is 677 Å². The van der Waals surface area contributed by atoms with E-state index in [1.165, 1.54) is 77.9 Å². The average molecular weight is 1530 g/mol. The lowest BCUT2D eigenvalue weighted by molar-refractivity contribution is 0.240. The number of benzene rings is 8. The van der Waals surface area contributed by atoms with Gasteiger partial charge in [-0.05, 0) is 125 Å². The molecule has 5 spiro atoms. The Hall–Kier alpha value is -12.0. The number of aromatic amines is 4. The highest BCUT2D eigenvalue weighted by molar-refractivity contribution is 6.08. The summed E-state index contributed by atoms with van der Waals surface area (Å²) in [5.41, 5.74) is 28.9. The zero-order valence-electron chi connectivity index (χ0n) is 69.2. The highest BCUT2D eigenvalue weighted by Crippen LogP contribution is 3.22. The number of aromatic nitrogens is 16. The third-order valence-corrected chi connectivity index (χ3v) is 30.0. The van der Waals surface area contributed by atoms with E-state index in [-0.39, 0.29) is 77.8 Å². The number of hydrogen-bond donors (Lipinski definition) is 4. The molecule has 4 N–H and O–H groups in total. The summed E-state index contributed by atoms with van der Waals surface area (Å²) < 4.78 is 0. The zero-order valence-corrected chi connectivity index (χ0v) is 69.2. The van der Waals surface area contributed by atoms with E-state index in [1.54, 1.807) is 0 Å². The van der Waals surface area contributed by atoms with Crippen LogP contribution < -0.4 is 0 Å². The summed E-state index contributed by atoms with van der Waals surface area (Å²) in [6.45, 7) is 40.8. The lowest BCUT2D eigenvalue weighted by Crippen LogP contribution is -2.43. The van der Waals surface area contributed by atoms with E-state index < -0.39 is 5.41 Å². The van der Waals surface area contributed by atoms with E-state index in [0.29, 0.717) is 69.2 Å². The van der Waals surface area contributed by atoms with Crippen molar-refractivity contribution in [3.05, 3.63) is 236 Å². The average Bonchev–Trinajstić information content (AvgIpc) is 1.30. The van der Waals surface area contributed by atoms with E-state index in [4.69, 9.17) is 59.8 Å². The number of nitrogens with one attached hydrogen (secondary N) is 4. The van der Waals surface area contributed by atoms with E-state index in [9.17, 15) is 0 Å². The van der Waals surface area contributed by atoms with Gasteiger partial charge in [-0.25, -0.2) is 59.8 Å². The first-order valence-corrected chi connectivity index (χ1v) is 41.9. The molecule has 8 atom stereocenters. The SMILES string of the molecule is CC(C)(C)c1ccc2c(c1)-c1nc-2nc2[nH]c(nc3nc(nc4[nH]c(n1)c1c4C4C56c7ccccc7C7(c8ccccc8C89C%10c%11c(c%12nc%13nc(nc%14[nH]c(nc%15nc(nc%11[nH]%12)-c%11ccc(C(C)(C)C)cc%11-%15)c%11ccc(C(C)(C)C)cc%14%11)-c%11ccc(C(C)(C)C)cc%11-%13)C8C%1097)C45C16)-c1ccc(C(C)(C)C)cc1-3)c1ccc(C(C)(C)C)cc21. The van der Waals surface area contributed by atoms with Gasteiger partial charge in [-0.2, -0.15) is 0 Å². The third-order valence-electron chi connectivity index (χ3n) is 30.0. The summed E-state index contributed by atoms with van der Waals surface area (Å²) in [7, 11) is 0. The van der Waals surface area contributed by atoms with Gasteiger partial charge in [-0.3, -0.25) is 0 Å². The summed E-state index contributed by atoms with van der Waals surface area (Å²) in [6, 6.07) is 59.8. The van der Waals surface area contributed by atoms with Crippen LogP contribution >= 0.6 is 0 Å². The first-order chi connectivity index (χ1) is 55.7. The van der Waals surface area contributed by atoms with Crippen molar-refractivity contribution in [2.75, 3.05) is 0 Å². The second-order valence-electron chi connectivity index (χ2n) is 42.0. The molecule has 4 fully saturated rings. The monoisotopic (exact) mass is 1520 g/mol. The molecule has 20 bridgehead atoms. The van der Waals surface area contributed by atoms with Gasteiger partial charge in [0.2, 0.25) is 0 Å². The van der Waals surface area contributed by atoms with Gasteiger partial charge in [-0.15, -0.1) is 0 Å². The topological polar surface area (TPSA) is 218 Å². The molecule has 0 amide bonds. The molecule has 8 unspecified atom stereocenters. The van der Waals surface area contributed by atoms with E-state index in [1.807, 2.05) is 0 Å². The predicted octanol–water partition coefficient (Wildman–Crippen LogP) is 22.1. The molecule has 28 rings (SSSR count). The largest absolute Gasteiger partial charge is 0.324 e. The maximum atomic E-state index is 6.00. The fraction of sp³-hybridized carbons (Fsp3) is 0.327. The van der Waals surface area contributed by atoms with Crippen molar-refractivity contribution in [3.63, 3.8) is 0 Å². The highest BCUT2D eigenvalue weighted by atomic mass is 15.2. The molecule has 16 nitrogen and oxygen atoms in total. The van der Waals surface area contributed by atoms with Gasteiger partial charge in [0.15, 0.2) is 46.6 Å². The van der Waals surface area contributed by atoms with Crippen LogP contribution in [0.5, 0.6) is 0 Å². The van der Waals surface area contributed by atoms with Crippen molar-refractivity contribution < 1.29 is 0 Å². The Bertz CT molecular complexity index is 7100. The van der Waals surface area contributed by atoms with Gasteiger partial charge in [0.1, 0.15) is 45.2 Å². The maximum absolute atomic E-state index is 6.00. The minimum Gasteiger partial charge on any atom is -0.324 e. The number of H-pyrrole nitrogens is 4. The Kier molecular flexibility index (Phi) is 11.6. The van der Waals surface area contributed by atoms with Crippen LogP contribution in [0.25, 0.3) is 158 Å². The van der Waals surface area contributed by atoms with Crippen LogP contribution in [0.3, 0.4) is 0 Å². The lowest BCUT2D eigenvalue weighted by atomic mass is 9.55. The van der Waals surface area contributed by atoms with Gasteiger partial charge in [0.25, 0.3) is 0 Å². The van der Waals surface area contributed by atoms with Crippen LogP contribution in [0, 0.1) is 10.8 Å². The molecule has 572 valence electrons. The molecule has 4 aliphatic heterocycles. The summed E-state index contributed by atoms with van der Waals surface area (Å²) in [6.07, 6.45) is 0. The van der Waals surface area contributed by atoms with E-state index in [2.05, 4.69) is 302 Å². The van der Waals surface area contributed by atoms with E-state index >= 15 is 0 Å². The molecule has 10 heterocycles. The minimum absolute atomic E-state index is 0.0820. The Morgan fingerprint density at radius 1 is 0.222 bits per heavy atom. The van der Waals surface area contributed by atoms with Gasteiger partial charge in [0, 0.05) is 139 Å². The zero-order chi connectivity index (χ0) is 79.8. The van der Waals surface area contributed by atoms with Crippen LogP contribution in [-0.4, -0.2) is 79.7 Å². The van der Waals surface area contributed by atoms with Crippen LogP contribution in [0.2, 0.25) is 0 Å². The van der Waals surface area contributed by atoms with Crippen molar-refractivity contribution in [3.8, 4) is 91.1 Å². The molecule has 0 saturated heterocycles. The number of fused-ring (bicyclic) bond motifs is 38. The van der Waals surface area contributed by atoms with Crippen molar-refractivity contribution >= 4 is 66.7 Å². The maximum Gasteiger partial charge on any atom is 0.164 e. The second kappa shape index (κ2) is 20.1. The second-order valence-corrected chi connectivity index (χ2v) is 42.0. The van der Waals surface area contributed by atoms with Gasteiger partial charge in [0.05, 0.1) is 0 Å². The molecule has 8 aromatic carbocycles. The molecule has 6 aromatic heterocycles. The summed E-state index contributed by atoms with van der Waals surface area (Å²) in [5.74, 6) is 5.21. The normalized spacial score (nSPS) is 24.2. The molecule has 4 saturated carbocycles. The molecule has 10 aliphatic carbocycles. The molecule has 16 heteroatoms. The quantitative estimate of drug-likeness (QED) is 0.111. The lowest BCUT2D eigenvalue weighted by Gasteiger charge is -2.46. The summed E-state index contributed by atoms with van der Waals surface area (Å²) in [5, 5.41) is 3.83. The Morgan fingerprint density at radius 3 is 0.718 bits per heavy atom. The minimum atomic E-state index is -0.475. The third kappa shape index (κ3) is 7.65. The molecule has 14 aromatic rings. The molecular weight excluding hydrogens is 1440 g/mol. The first kappa shape index (κ1) is 67.2. The van der Waals surface area contributed by atoms with Crippen molar-refractivity contribution in [2.45, 2.75) is 197 Å². The van der Waals surface area contributed by atoms with Gasteiger partial charge in [-0.1, -0.05) is 246 Å². The van der Waals surface area contributed by atoms with Crippen molar-refractivity contribution in [1.29, 1.82) is 0 Å². The number of rotatable bonds is 0. The van der Waals surface area contributed by atoms with Crippen molar-refractivity contribution in [2.24, 2.45) is 10.8 Å². The first-order valence-electron chi connectivity index (χ1n) is 41.9. The number of hydrogen-bond acceptors (Lipinski definition) is 12. The van der Waals surface area contributed by atoms with E-state index in [0.717, 1.165) is 88.6 Å².